The Balaban J connectivity index is 1.62. The SMILES string of the molecule is COC(=O)c1cccc(CN2CCN(C(=O)C3CCCCC3)CCC2=O)c1. The highest BCUT2D eigenvalue weighted by Crippen LogP contribution is 2.26. The van der Waals surface area contributed by atoms with Gasteiger partial charge < -0.3 is 14.5 Å². The van der Waals surface area contributed by atoms with E-state index in [-0.39, 0.29) is 23.7 Å². The monoisotopic (exact) mass is 372 g/mol. The molecule has 1 aromatic carbocycles. The molecule has 2 aliphatic rings. The second-order valence-corrected chi connectivity index (χ2v) is 7.42. The number of benzene rings is 1. The van der Waals surface area contributed by atoms with Gasteiger partial charge in [-0.25, -0.2) is 4.79 Å². The number of amides is 2. The number of hydrogen-bond acceptors (Lipinski definition) is 4. The van der Waals surface area contributed by atoms with Gasteiger partial charge in [0.2, 0.25) is 11.8 Å². The van der Waals surface area contributed by atoms with Gasteiger partial charge in [-0.05, 0) is 30.5 Å². The lowest BCUT2D eigenvalue weighted by atomic mass is 9.88. The molecule has 1 aliphatic carbocycles. The van der Waals surface area contributed by atoms with E-state index < -0.39 is 0 Å². The van der Waals surface area contributed by atoms with Gasteiger partial charge in [-0.2, -0.15) is 0 Å². The Labute approximate surface area is 160 Å². The molecule has 1 heterocycles. The first-order valence-corrected chi connectivity index (χ1v) is 9.82. The van der Waals surface area contributed by atoms with E-state index in [9.17, 15) is 14.4 Å². The van der Waals surface area contributed by atoms with Crippen LogP contribution in [0.1, 0.15) is 54.4 Å². The van der Waals surface area contributed by atoms with E-state index >= 15 is 0 Å². The summed E-state index contributed by atoms with van der Waals surface area (Å²) in [7, 11) is 1.35. The molecule has 0 radical (unpaired) electrons. The van der Waals surface area contributed by atoms with E-state index in [1.807, 2.05) is 11.0 Å². The Bertz CT molecular complexity index is 697. The van der Waals surface area contributed by atoms with Crippen LogP contribution in [0, 0.1) is 5.92 Å². The minimum absolute atomic E-state index is 0.0532. The molecule has 1 aliphatic heterocycles. The Morgan fingerprint density at radius 1 is 1.11 bits per heavy atom. The van der Waals surface area contributed by atoms with Crippen molar-refractivity contribution in [3.05, 3.63) is 35.4 Å². The summed E-state index contributed by atoms with van der Waals surface area (Å²) in [5, 5.41) is 0. The zero-order chi connectivity index (χ0) is 19.2. The molecule has 1 saturated carbocycles. The van der Waals surface area contributed by atoms with Gasteiger partial charge >= 0.3 is 5.97 Å². The number of hydrogen-bond donors (Lipinski definition) is 0. The first-order valence-electron chi connectivity index (χ1n) is 9.82. The highest BCUT2D eigenvalue weighted by Gasteiger charge is 2.29. The number of rotatable bonds is 4. The predicted molar refractivity (Wildman–Crippen MR) is 101 cm³/mol. The summed E-state index contributed by atoms with van der Waals surface area (Å²) < 4.78 is 4.76. The number of nitrogens with zero attached hydrogens (tertiary/aromatic N) is 2. The van der Waals surface area contributed by atoms with Crippen molar-refractivity contribution >= 4 is 17.8 Å². The lowest BCUT2D eigenvalue weighted by Crippen LogP contribution is -2.39. The predicted octanol–water partition coefficient (Wildman–Crippen LogP) is 2.61. The normalized spacial score (nSPS) is 18.9. The fraction of sp³-hybridized carbons (Fsp3) is 0.571. The second-order valence-electron chi connectivity index (χ2n) is 7.42. The molecule has 146 valence electrons. The smallest absolute Gasteiger partial charge is 0.337 e. The topological polar surface area (TPSA) is 66.9 Å². The number of ether oxygens (including phenoxy) is 1. The van der Waals surface area contributed by atoms with Crippen LogP contribution >= 0.6 is 0 Å². The van der Waals surface area contributed by atoms with Crippen LogP contribution < -0.4 is 0 Å². The third-order valence-electron chi connectivity index (χ3n) is 5.58. The van der Waals surface area contributed by atoms with Crippen molar-refractivity contribution in [1.82, 2.24) is 9.80 Å². The van der Waals surface area contributed by atoms with Gasteiger partial charge in [-0.3, -0.25) is 9.59 Å². The van der Waals surface area contributed by atoms with Crippen LogP contribution in [0.4, 0.5) is 0 Å². The van der Waals surface area contributed by atoms with Crippen LogP contribution in [-0.4, -0.2) is 54.3 Å². The molecular weight excluding hydrogens is 344 g/mol. The molecule has 3 rings (SSSR count). The molecular formula is C21H28N2O4. The van der Waals surface area contributed by atoms with Gasteiger partial charge in [0.25, 0.3) is 0 Å². The van der Waals surface area contributed by atoms with Crippen molar-refractivity contribution in [3.63, 3.8) is 0 Å². The summed E-state index contributed by atoms with van der Waals surface area (Å²) in [6.45, 7) is 2.06. The Hall–Kier alpha value is -2.37. The van der Waals surface area contributed by atoms with E-state index in [0.29, 0.717) is 38.2 Å². The number of carbonyl (C=O) groups excluding carboxylic acids is 3. The Kier molecular flexibility index (Phi) is 6.48. The summed E-state index contributed by atoms with van der Waals surface area (Å²) in [5.74, 6) is 0.0230. The third-order valence-corrected chi connectivity index (χ3v) is 5.58. The van der Waals surface area contributed by atoms with Gasteiger partial charge in [0, 0.05) is 38.5 Å². The van der Waals surface area contributed by atoms with Crippen molar-refractivity contribution in [2.75, 3.05) is 26.7 Å². The zero-order valence-electron chi connectivity index (χ0n) is 16.0. The van der Waals surface area contributed by atoms with Gasteiger partial charge in [-0.15, -0.1) is 0 Å². The molecule has 27 heavy (non-hydrogen) atoms. The van der Waals surface area contributed by atoms with Crippen LogP contribution in [0.25, 0.3) is 0 Å². The van der Waals surface area contributed by atoms with Crippen LogP contribution in [0.5, 0.6) is 0 Å². The van der Waals surface area contributed by atoms with E-state index in [4.69, 9.17) is 4.74 Å². The summed E-state index contributed by atoms with van der Waals surface area (Å²) in [6.07, 6.45) is 5.80. The maximum Gasteiger partial charge on any atom is 0.337 e. The minimum Gasteiger partial charge on any atom is -0.465 e. The molecule has 1 saturated heterocycles. The molecule has 1 aromatic rings. The van der Waals surface area contributed by atoms with Crippen LogP contribution in [0.2, 0.25) is 0 Å². The number of carbonyl (C=O) groups is 3. The standard InChI is InChI=1S/C21H28N2O4/c1-27-21(26)18-9-5-6-16(14-18)15-23-13-12-22(11-10-19(23)24)20(25)17-7-3-2-4-8-17/h5-6,9,14,17H,2-4,7-8,10-13,15H2,1H3. The van der Waals surface area contributed by atoms with Crippen molar-refractivity contribution < 1.29 is 19.1 Å². The first kappa shape index (κ1) is 19.4. The zero-order valence-corrected chi connectivity index (χ0v) is 16.0. The summed E-state index contributed by atoms with van der Waals surface area (Å²) in [5.41, 5.74) is 1.37. The molecule has 6 heteroatoms. The first-order chi connectivity index (χ1) is 13.1. The molecule has 0 unspecified atom stereocenters. The molecule has 0 bridgehead atoms. The Morgan fingerprint density at radius 3 is 2.63 bits per heavy atom. The maximum absolute atomic E-state index is 12.8. The van der Waals surface area contributed by atoms with Gasteiger partial charge in [0.15, 0.2) is 0 Å². The number of methoxy groups -OCH3 is 1. The fourth-order valence-corrected chi connectivity index (χ4v) is 4.00. The largest absolute Gasteiger partial charge is 0.465 e. The van der Waals surface area contributed by atoms with Gasteiger partial charge in [0.05, 0.1) is 12.7 Å². The maximum atomic E-state index is 12.8. The van der Waals surface area contributed by atoms with Gasteiger partial charge in [0.1, 0.15) is 0 Å². The molecule has 6 nitrogen and oxygen atoms in total. The lowest BCUT2D eigenvalue weighted by Gasteiger charge is -2.28. The van der Waals surface area contributed by atoms with Crippen molar-refractivity contribution in [2.24, 2.45) is 5.92 Å². The van der Waals surface area contributed by atoms with Crippen molar-refractivity contribution in [3.8, 4) is 0 Å². The average Bonchev–Trinajstić information content (AvgIpc) is 2.89. The molecule has 2 amide bonds. The van der Waals surface area contributed by atoms with E-state index in [1.54, 1.807) is 23.1 Å². The molecule has 0 spiro atoms. The van der Waals surface area contributed by atoms with Crippen molar-refractivity contribution in [2.45, 2.75) is 45.1 Å². The summed E-state index contributed by atoms with van der Waals surface area (Å²) in [4.78, 5) is 40.7. The number of esters is 1. The quantitative estimate of drug-likeness (QED) is 0.762. The average molecular weight is 372 g/mol. The van der Waals surface area contributed by atoms with E-state index in [1.165, 1.54) is 13.5 Å². The summed E-state index contributed by atoms with van der Waals surface area (Å²) in [6, 6.07) is 7.15. The van der Waals surface area contributed by atoms with Crippen LogP contribution in [0.3, 0.4) is 0 Å². The fourth-order valence-electron chi connectivity index (χ4n) is 4.00. The van der Waals surface area contributed by atoms with E-state index in [2.05, 4.69) is 0 Å². The Morgan fingerprint density at radius 2 is 1.89 bits per heavy atom. The molecule has 0 atom stereocenters. The summed E-state index contributed by atoms with van der Waals surface area (Å²) >= 11 is 0. The molecule has 0 aromatic heterocycles. The third kappa shape index (κ3) is 4.87. The molecule has 2 fully saturated rings. The lowest BCUT2D eigenvalue weighted by molar-refractivity contribution is -0.136. The highest BCUT2D eigenvalue weighted by atomic mass is 16.5. The van der Waals surface area contributed by atoms with Crippen LogP contribution in [-0.2, 0) is 20.9 Å². The van der Waals surface area contributed by atoms with Crippen molar-refractivity contribution in [1.29, 1.82) is 0 Å². The van der Waals surface area contributed by atoms with Crippen LogP contribution in [0.15, 0.2) is 24.3 Å². The van der Waals surface area contributed by atoms with Gasteiger partial charge in [-0.1, -0.05) is 31.4 Å². The molecule has 0 N–H and O–H groups in total. The second kappa shape index (κ2) is 9.02. The minimum atomic E-state index is -0.386. The van der Waals surface area contributed by atoms with E-state index in [0.717, 1.165) is 31.2 Å². The highest BCUT2D eigenvalue weighted by molar-refractivity contribution is 5.89.